The lowest BCUT2D eigenvalue weighted by Crippen LogP contribution is -2.15. The molecule has 11 aromatic rings. The van der Waals surface area contributed by atoms with Crippen LogP contribution in [0, 0.1) is 0 Å². The van der Waals surface area contributed by atoms with Gasteiger partial charge in [0, 0.05) is 5.41 Å². The van der Waals surface area contributed by atoms with Crippen LogP contribution in [-0.2, 0) is 11.8 Å². The molecule has 0 amide bonds. The first-order valence-electron chi connectivity index (χ1n) is 22.5. The van der Waals surface area contributed by atoms with E-state index in [-0.39, 0.29) is 5.41 Å². The van der Waals surface area contributed by atoms with Crippen molar-refractivity contribution < 1.29 is 0 Å². The van der Waals surface area contributed by atoms with Crippen LogP contribution in [0.5, 0.6) is 0 Å². The zero-order chi connectivity index (χ0) is 41.6. The van der Waals surface area contributed by atoms with Crippen molar-refractivity contribution in [2.45, 2.75) is 32.1 Å². The van der Waals surface area contributed by atoms with Gasteiger partial charge in [0.1, 0.15) is 0 Å². The smallest absolute Gasteiger partial charge is 0.0159 e. The molecule has 0 saturated carbocycles. The van der Waals surface area contributed by atoms with Crippen molar-refractivity contribution in [2.75, 3.05) is 0 Å². The molecule has 0 aromatic heterocycles. The molecule has 0 heterocycles. The molecule has 0 N–H and O–H groups in total. The Hall–Kier alpha value is -7.54. The summed E-state index contributed by atoms with van der Waals surface area (Å²) in [6, 6.07) is 67.1. The van der Waals surface area contributed by atoms with Gasteiger partial charge in [-0.2, -0.15) is 0 Å². The molecule has 294 valence electrons. The van der Waals surface area contributed by atoms with Crippen molar-refractivity contribution in [3.63, 3.8) is 0 Å². The molecule has 3 aliphatic carbocycles. The third-order valence-corrected chi connectivity index (χ3v) is 15.1. The van der Waals surface area contributed by atoms with Gasteiger partial charge in [0.25, 0.3) is 0 Å². The zero-order valence-electron chi connectivity index (χ0n) is 35.4. The van der Waals surface area contributed by atoms with Crippen LogP contribution in [0.1, 0.15) is 48.1 Å². The zero-order valence-corrected chi connectivity index (χ0v) is 35.4. The Morgan fingerprint density at radius 1 is 0.381 bits per heavy atom. The molecule has 0 spiro atoms. The highest BCUT2D eigenvalue weighted by Gasteiger charge is 2.36. The van der Waals surface area contributed by atoms with Crippen molar-refractivity contribution >= 4 is 65.5 Å². The van der Waals surface area contributed by atoms with E-state index in [0.717, 1.165) is 12.8 Å². The highest BCUT2D eigenvalue weighted by atomic mass is 14.4. The minimum absolute atomic E-state index is 0.132. The van der Waals surface area contributed by atoms with Gasteiger partial charge in [-0.15, -0.1) is 0 Å². The van der Waals surface area contributed by atoms with Crippen molar-refractivity contribution in [3.05, 3.63) is 216 Å². The van der Waals surface area contributed by atoms with Gasteiger partial charge < -0.3 is 0 Å². The van der Waals surface area contributed by atoms with Crippen molar-refractivity contribution in [2.24, 2.45) is 0 Å². The minimum Gasteiger partial charge on any atom is -0.0795 e. The van der Waals surface area contributed by atoms with Crippen LogP contribution >= 0.6 is 0 Å². The maximum absolute atomic E-state index is 2.49. The normalized spacial score (nSPS) is 14.5. The summed E-state index contributed by atoms with van der Waals surface area (Å²) in [4.78, 5) is 0. The summed E-state index contributed by atoms with van der Waals surface area (Å²) in [7, 11) is 0. The van der Waals surface area contributed by atoms with Crippen LogP contribution in [0.2, 0.25) is 0 Å². The third-order valence-electron chi connectivity index (χ3n) is 15.1. The number of hydrogen-bond donors (Lipinski definition) is 0. The number of allylic oxidation sites excluding steroid dienone is 3. The van der Waals surface area contributed by atoms with E-state index in [0.29, 0.717) is 0 Å². The molecule has 0 bridgehead atoms. The van der Waals surface area contributed by atoms with E-state index in [1.165, 1.54) is 143 Å². The van der Waals surface area contributed by atoms with Gasteiger partial charge in [0.05, 0.1) is 0 Å². The van der Waals surface area contributed by atoms with E-state index in [1.807, 2.05) is 0 Å². The van der Waals surface area contributed by atoms with E-state index in [4.69, 9.17) is 0 Å². The van der Waals surface area contributed by atoms with Gasteiger partial charge in [0.2, 0.25) is 0 Å². The molecule has 0 heteroatoms. The molecule has 0 saturated heterocycles. The lowest BCUT2D eigenvalue weighted by molar-refractivity contribution is 0.661. The molecule has 0 nitrogen and oxygen atoms in total. The molecule has 0 atom stereocenters. The Morgan fingerprint density at radius 3 is 1.75 bits per heavy atom. The Morgan fingerprint density at radius 2 is 0.937 bits per heavy atom. The van der Waals surface area contributed by atoms with Crippen LogP contribution in [0.15, 0.2) is 188 Å². The fourth-order valence-electron chi connectivity index (χ4n) is 12.0. The molecule has 63 heavy (non-hydrogen) atoms. The third kappa shape index (κ3) is 4.92. The fraction of sp³-hybridized carbons (Fsp3) is 0.0794. The van der Waals surface area contributed by atoms with Gasteiger partial charge in [0.15, 0.2) is 0 Å². The van der Waals surface area contributed by atoms with Gasteiger partial charge in [-0.25, -0.2) is 0 Å². The van der Waals surface area contributed by atoms with Crippen LogP contribution in [0.3, 0.4) is 0 Å². The van der Waals surface area contributed by atoms with E-state index in [1.54, 1.807) is 0 Å². The van der Waals surface area contributed by atoms with E-state index in [9.17, 15) is 0 Å². The van der Waals surface area contributed by atoms with Gasteiger partial charge in [-0.3, -0.25) is 0 Å². The van der Waals surface area contributed by atoms with Crippen molar-refractivity contribution in [1.82, 2.24) is 0 Å². The fourth-order valence-corrected chi connectivity index (χ4v) is 12.0. The van der Waals surface area contributed by atoms with Crippen LogP contribution < -0.4 is 0 Å². The highest BCUT2D eigenvalue weighted by molar-refractivity contribution is 6.26. The quantitative estimate of drug-likeness (QED) is 0.156. The average Bonchev–Trinajstić information content (AvgIpc) is 3.56. The van der Waals surface area contributed by atoms with Gasteiger partial charge in [-0.05, 0) is 168 Å². The lowest BCUT2D eigenvalue weighted by Gasteiger charge is -2.25. The maximum atomic E-state index is 2.49. The summed E-state index contributed by atoms with van der Waals surface area (Å²) in [5.74, 6) is 0. The van der Waals surface area contributed by atoms with Gasteiger partial charge >= 0.3 is 0 Å². The van der Waals surface area contributed by atoms with E-state index < -0.39 is 0 Å². The number of benzene rings is 11. The molecule has 3 aliphatic rings. The summed E-state index contributed by atoms with van der Waals surface area (Å²) in [6.07, 6.45) is 9.11. The molecule has 11 aromatic carbocycles. The summed E-state index contributed by atoms with van der Waals surface area (Å²) in [5, 5.41) is 13.3. The predicted octanol–water partition coefficient (Wildman–Crippen LogP) is 17.2. The second-order valence-corrected chi connectivity index (χ2v) is 18.7. The summed E-state index contributed by atoms with van der Waals surface area (Å²) in [5.41, 5.74) is 21.3. The summed E-state index contributed by atoms with van der Waals surface area (Å²) in [6.45, 7) is 4.82. The predicted molar refractivity (Wildman–Crippen MR) is 270 cm³/mol. The molecule has 0 radical (unpaired) electrons. The average molecular weight is 799 g/mol. The number of fused-ring (bicyclic) bond motifs is 4. The van der Waals surface area contributed by atoms with Crippen molar-refractivity contribution in [3.8, 4) is 55.6 Å². The van der Waals surface area contributed by atoms with Crippen molar-refractivity contribution in [1.29, 1.82) is 0 Å². The summed E-state index contributed by atoms with van der Waals surface area (Å²) >= 11 is 0. The summed E-state index contributed by atoms with van der Waals surface area (Å²) < 4.78 is 0. The number of rotatable bonds is 4. The molecule has 14 rings (SSSR count). The van der Waals surface area contributed by atoms with E-state index >= 15 is 0 Å². The maximum Gasteiger partial charge on any atom is 0.0159 e. The molecule has 0 unspecified atom stereocenters. The SMILES string of the molecule is CC1(C)c2cc(-c3ccc(-c4ccc(-c5ccc6ccc7cccc8ccc5c6c78)c5ccccc45)cc3)ccc2-c2ccc(-c3ccc4c5c6c(ccc35)C=CCC6=CC4)cc21. The van der Waals surface area contributed by atoms with Gasteiger partial charge in [-0.1, -0.05) is 196 Å². The van der Waals surface area contributed by atoms with Crippen LogP contribution in [0.4, 0.5) is 0 Å². The molecular weight excluding hydrogens is 757 g/mol. The molecule has 0 fully saturated rings. The largest absolute Gasteiger partial charge is 0.0795 e. The monoisotopic (exact) mass is 798 g/mol. The van der Waals surface area contributed by atoms with Crippen LogP contribution in [-0.4, -0.2) is 0 Å². The second kappa shape index (κ2) is 12.8. The first-order chi connectivity index (χ1) is 31.0. The first kappa shape index (κ1) is 35.1. The lowest BCUT2D eigenvalue weighted by atomic mass is 9.78. The van der Waals surface area contributed by atoms with E-state index in [2.05, 4.69) is 208 Å². The first-order valence-corrected chi connectivity index (χ1v) is 22.5. The molecular formula is C63H42. The topological polar surface area (TPSA) is 0 Å². The Kier molecular flexibility index (Phi) is 7.11. The molecule has 0 aliphatic heterocycles. The number of hydrogen-bond acceptors (Lipinski definition) is 0. The highest BCUT2D eigenvalue weighted by Crippen LogP contribution is 2.52. The Labute approximate surface area is 367 Å². The second-order valence-electron chi connectivity index (χ2n) is 18.7. The van der Waals surface area contributed by atoms with Crippen LogP contribution in [0.25, 0.3) is 121 Å². The Balaban J connectivity index is 0.808. The standard InChI is InChI=1S/C63H42/c1-63(2)57-35-45(25-29-53(57)54-30-26-46(36-58(54)63)48-27-21-43-19-17-39-7-5-9-41-23-31-55(48)61(43)59(39)41)37-13-15-38(16-14-37)47-33-34-51(50-12-4-3-11-49(47)50)52-28-22-44-20-18-40-8-6-10-42-24-32-56(52)62(44)60(40)42/h3-6,8-18,20-36H,7,19H2,1-2H3. The minimum atomic E-state index is -0.132. The Bertz CT molecular complexity index is 3830.